The highest BCUT2D eigenvalue weighted by molar-refractivity contribution is 5.83. The standard InChI is InChI=1S/C24H34F3N3O2/c1-15(2)23(7-4-19(11-23)29-20-6-9-32-14-16(20)3)22(31)30-8-5-21-17(13-30)10-18(12-28-21)24(25,26)27/h10,12,15-16,19-20,29H,4-9,11,13-14H2,1-3H3/t16?,19-,20?,23+/m1/s1. The van der Waals surface area contributed by atoms with Crippen molar-refractivity contribution in [1.82, 2.24) is 15.2 Å². The average molecular weight is 454 g/mol. The van der Waals surface area contributed by atoms with Crippen LogP contribution in [0.5, 0.6) is 0 Å². The van der Waals surface area contributed by atoms with Gasteiger partial charge in [-0.05, 0) is 49.1 Å². The molecule has 2 aliphatic heterocycles. The number of carbonyl (C=O) groups excluding carboxylic acids is 1. The smallest absolute Gasteiger partial charge is 0.381 e. The summed E-state index contributed by atoms with van der Waals surface area (Å²) in [5.41, 5.74) is -0.0412. The van der Waals surface area contributed by atoms with E-state index in [4.69, 9.17) is 4.74 Å². The summed E-state index contributed by atoms with van der Waals surface area (Å²) in [5.74, 6) is 0.692. The number of carbonyl (C=O) groups is 1. The lowest BCUT2D eigenvalue weighted by atomic mass is 9.74. The van der Waals surface area contributed by atoms with Crippen LogP contribution in [0.15, 0.2) is 12.3 Å². The van der Waals surface area contributed by atoms with Gasteiger partial charge in [0.25, 0.3) is 0 Å². The molecule has 5 nitrogen and oxygen atoms in total. The van der Waals surface area contributed by atoms with Crippen LogP contribution in [-0.2, 0) is 28.7 Å². The average Bonchev–Trinajstić information content (AvgIpc) is 3.19. The van der Waals surface area contributed by atoms with Crippen LogP contribution in [0.1, 0.15) is 63.3 Å². The van der Waals surface area contributed by atoms with Crippen LogP contribution in [0.3, 0.4) is 0 Å². The molecule has 1 amide bonds. The van der Waals surface area contributed by atoms with Crippen molar-refractivity contribution in [2.45, 2.75) is 77.7 Å². The topological polar surface area (TPSA) is 54.5 Å². The van der Waals surface area contributed by atoms with E-state index in [1.165, 1.54) is 0 Å². The molecule has 1 saturated carbocycles. The number of amides is 1. The van der Waals surface area contributed by atoms with Crippen LogP contribution in [0, 0.1) is 17.3 Å². The quantitative estimate of drug-likeness (QED) is 0.743. The third-order valence-corrected chi connectivity index (χ3v) is 7.83. The summed E-state index contributed by atoms with van der Waals surface area (Å²) in [6.45, 7) is 8.63. The minimum atomic E-state index is -4.43. The van der Waals surface area contributed by atoms with Crippen LogP contribution in [0.2, 0.25) is 0 Å². The molecule has 1 aliphatic carbocycles. The van der Waals surface area contributed by atoms with E-state index in [9.17, 15) is 18.0 Å². The second kappa shape index (κ2) is 8.93. The van der Waals surface area contributed by atoms with Gasteiger partial charge in [0.05, 0.1) is 17.6 Å². The first-order valence-electron chi connectivity index (χ1n) is 11.8. The predicted molar refractivity (Wildman–Crippen MR) is 115 cm³/mol. The Morgan fingerprint density at radius 3 is 2.81 bits per heavy atom. The highest BCUT2D eigenvalue weighted by Gasteiger charge is 2.50. The van der Waals surface area contributed by atoms with Crippen molar-refractivity contribution < 1.29 is 22.7 Å². The Hall–Kier alpha value is -1.67. The Bertz CT molecular complexity index is 844. The van der Waals surface area contributed by atoms with Crippen molar-refractivity contribution in [2.75, 3.05) is 19.8 Å². The van der Waals surface area contributed by atoms with Gasteiger partial charge in [-0.3, -0.25) is 9.78 Å². The summed E-state index contributed by atoms with van der Waals surface area (Å²) in [4.78, 5) is 19.6. The lowest BCUT2D eigenvalue weighted by molar-refractivity contribution is -0.146. The molecule has 4 atom stereocenters. The molecule has 178 valence electrons. The number of hydrogen-bond acceptors (Lipinski definition) is 4. The second-order valence-electron chi connectivity index (χ2n) is 10.2. The maximum Gasteiger partial charge on any atom is 0.417 e. The van der Waals surface area contributed by atoms with Crippen LogP contribution in [-0.4, -0.2) is 47.6 Å². The fourth-order valence-corrected chi connectivity index (χ4v) is 5.68. The molecule has 1 N–H and O–H groups in total. The number of fused-ring (bicyclic) bond motifs is 1. The van der Waals surface area contributed by atoms with Crippen LogP contribution in [0.4, 0.5) is 13.2 Å². The molecule has 0 spiro atoms. The largest absolute Gasteiger partial charge is 0.417 e. The zero-order valence-corrected chi connectivity index (χ0v) is 19.2. The highest BCUT2D eigenvalue weighted by atomic mass is 19.4. The molecular formula is C24H34F3N3O2. The Morgan fingerprint density at radius 1 is 1.34 bits per heavy atom. The van der Waals surface area contributed by atoms with Crippen molar-refractivity contribution in [3.8, 4) is 0 Å². The molecule has 3 aliphatic rings. The normalized spacial score (nSPS) is 31.1. The van der Waals surface area contributed by atoms with E-state index >= 15 is 0 Å². The first-order valence-corrected chi connectivity index (χ1v) is 11.8. The molecule has 2 unspecified atom stereocenters. The molecule has 0 aromatic carbocycles. The molecule has 1 aromatic rings. The maximum absolute atomic E-state index is 13.8. The number of aromatic nitrogens is 1. The van der Waals surface area contributed by atoms with Crippen molar-refractivity contribution in [3.05, 3.63) is 29.1 Å². The van der Waals surface area contributed by atoms with E-state index in [2.05, 4.69) is 31.1 Å². The van der Waals surface area contributed by atoms with E-state index in [1.54, 1.807) is 4.90 Å². The molecule has 0 radical (unpaired) electrons. The van der Waals surface area contributed by atoms with Gasteiger partial charge in [0.1, 0.15) is 0 Å². The third-order valence-electron chi connectivity index (χ3n) is 7.83. The van der Waals surface area contributed by atoms with E-state index in [0.717, 1.165) is 51.2 Å². The molecule has 1 saturated heterocycles. The van der Waals surface area contributed by atoms with Gasteiger partial charge in [0.15, 0.2) is 0 Å². The summed E-state index contributed by atoms with van der Waals surface area (Å²) >= 11 is 0. The molecule has 0 bridgehead atoms. The maximum atomic E-state index is 13.8. The van der Waals surface area contributed by atoms with E-state index in [-0.39, 0.29) is 24.4 Å². The fourth-order valence-electron chi connectivity index (χ4n) is 5.68. The van der Waals surface area contributed by atoms with Crippen LogP contribution >= 0.6 is 0 Å². The molecule has 4 rings (SSSR count). The summed E-state index contributed by atoms with van der Waals surface area (Å²) in [5, 5.41) is 3.79. The lowest BCUT2D eigenvalue weighted by Crippen LogP contribution is -2.49. The zero-order chi connectivity index (χ0) is 23.1. The van der Waals surface area contributed by atoms with Crippen molar-refractivity contribution in [2.24, 2.45) is 17.3 Å². The first kappa shape index (κ1) is 23.5. The number of halogens is 3. The Morgan fingerprint density at radius 2 is 2.12 bits per heavy atom. The number of pyridine rings is 1. The monoisotopic (exact) mass is 453 g/mol. The van der Waals surface area contributed by atoms with Gasteiger partial charge in [-0.2, -0.15) is 13.2 Å². The first-order chi connectivity index (χ1) is 15.1. The molecule has 8 heteroatoms. The second-order valence-corrected chi connectivity index (χ2v) is 10.2. The fraction of sp³-hybridized carbons (Fsp3) is 0.750. The minimum absolute atomic E-state index is 0.0832. The number of hydrogen-bond donors (Lipinski definition) is 1. The Labute approximate surface area is 188 Å². The van der Waals surface area contributed by atoms with Gasteiger partial charge in [0.2, 0.25) is 5.91 Å². The van der Waals surface area contributed by atoms with Gasteiger partial charge >= 0.3 is 6.18 Å². The summed E-state index contributed by atoms with van der Waals surface area (Å²) in [6, 6.07) is 1.85. The van der Waals surface area contributed by atoms with Gasteiger partial charge < -0.3 is 15.0 Å². The van der Waals surface area contributed by atoms with Crippen LogP contribution < -0.4 is 5.32 Å². The van der Waals surface area contributed by atoms with Crippen molar-refractivity contribution in [1.29, 1.82) is 0 Å². The Balaban J connectivity index is 1.48. The van der Waals surface area contributed by atoms with Crippen LogP contribution in [0.25, 0.3) is 0 Å². The Kier molecular flexibility index (Phi) is 6.56. The molecule has 1 aromatic heterocycles. The third kappa shape index (κ3) is 4.53. The zero-order valence-electron chi connectivity index (χ0n) is 19.2. The number of rotatable bonds is 4. The summed E-state index contributed by atoms with van der Waals surface area (Å²) in [6.07, 6.45) is 0.473. The number of nitrogens with zero attached hydrogens (tertiary/aromatic N) is 2. The minimum Gasteiger partial charge on any atom is -0.381 e. The highest BCUT2D eigenvalue weighted by Crippen LogP contribution is 2.47. The SMILES string of the molecule is CC1COCCC1N[C@@H]1CC[C@@](C(=O)N2CCc3ncc(C(F)(F)F)cc3C2)(C(C)C)C1. The number of ether oxygens (including phenoxy) is 1. The van der Waals surface area contributed by atoms with Crippen molar-refractivity contribution >= 4 is 5.91 Å². The van der Waals surface area contributed by atoms with Gasteiger partial charge in [0, 0.05) is 50.1 Å². The summed E-state index contributed by atoms with van der Waals surface area (Å²) in [7, 11) is 0. The lowest BCUT2D eigenvalue weighted by Gasteiger charge is -2.40. The van der Waals surface area contributed by atoms with Gasteiger partial charge in [-0.15, -0.1) is 0 Å². The predicted octanol–water partition coefficient (Wildman–Crippen LogP) is 4.19. The van der Waals surface area contributed by atoms with Gasteiger partial charge in [-0.1, -0.05) is 20.8 Å². The summed E-state index contributed by atoms with van der Waals surface area (Å²) < 4.78 is 45.0. The molecule has 2 fully saturated rings. The number of alkyl halides is 3. The van der Waals surface area contributed by atoms with E-state index in [1.807, 2.05) is 0 Å². The molecule has 32 heavy (non-hydrogen) atoms. The molecule has 3 heterocycles. The molecular weight excluding hydrogens is 419 g/mol. The van der Waals surface area contributed by atoms with E-state index in [0.29, 0.717) is 36.2 Å². The van der Waals surface area contributed by atoms with Gasteiger partial charge in [-0.25, -0.2) is 0 Å². The van der Waals surface area contributed by atoms with Crippen molar-refractivity contribution in [3.63, 3.8) is 0 Å². The number of nitrogens with one attached hydrogen (secondary N) is 1. The van der Waals surface area contributed by atoms with E-state index < -0.39 is 17.2 Å².